The number of benzene rings is 1. The maximum absolute atomic E-state index is 13.2. The largest absolute Gasteiger partial charge is 0.365 e. The summed E-state index contributed by atoms with van der Waals surface area (Å²) >= 11 is 0. The van der Waals surface area contributed by atoms with Gasteiger partial charge in [-0.15, -0.1) is 0 Å². The summed E-state index contributed by atoms with van der Waals surface area (Å²) in [5.41, 5.74) is 3.33. The molecule has 1 unspecified atom stereocenters. The van der Waals surface area contributed by atoms with Gasteiger partial charge in [0.05, 0.1) is 12.1 Å². The number of rotatable bonds is 5. The Bertz CT molecular complexity index is 1320. The van der Waals surface area contributed by atoms with Gasteiger partial charge in [0.2, 0.25) is 11.9 Å². The Morgan fingerprint density at radius 2 is 2.00 bits per heavy atom. The van der Waals surface area contributed by atoms with Crippen molar-refractivity contribution in [2.24, 2.45) is 0 Å². The SMILES string of the molecule is CC(C)N1Cc2c(NCc3cnc4ccccc4c3)nc(N3CCN4C(=O)CCC4C3)nc2C1=O. The van der Waals surface area contributed by atoms with Gasteiger partial charge in [-0.25, -0.2) is 4.98 Å². The molecule has 2 saturated heterocycles. The van der Waals surface area contributed by atoms with E-state index < -0.39 is 0 Å². The Balaban J connectivity index is 1.31. The van der Waals surface area contributed by atoms with Crippen molar-refractivity contribution in [1.82, 2.24) is 24.8 Å². The van der Waals surface area contributed by atoms with Crippen LogP contribution in [-0.4, -0.2) is 68.3 Å². The summed E-state index contributed by atoms with van der Waals surface area (Å²) in [5.74, 6) is 1.43. The number of piperazine rings is 1. The Morgan fingerprint density at radius 1 is 1.14 bits per heavy atom. The van der Waals surface area contributed by atoms with Gasteiger partial charge < -0.3 is 20.0 Å². The topological polar surface area (TPSA) is 94.6 Å². The molecule has 2 amide bonds. The fourth-order valence-electron chi connectivity index (χ4n) is 5.33. The van der Waals surface area contributed by atoms with Gasteiger partial charge in [0.1, 0.15) is 11.5 Å². The van der Waals surface area contributed by atoms with E-state index >= 15 is 0 Å². The lowest BCUT2D eigenvalue weighted by Crippen LogP contribution is -2.52. The first-order valence-electron chi connectivity index (χ1n) is 12.3. The summed E-state index contributed by atoms with van der Waals surface area (Å²) in [5, 5.41) is 4.57. The van der Waals surface area contributed by atoms with Gasteiger partial charge in [-0.3, -0.25) is 14.6 Å². The number of nitrogens with one attached hydrogen (secondary N) is 1. The number of aromatic nitrogens is 3. The lowest BCUT2D eigenvalue weighted by atomic mass is 10.1. The zero-order valence-corrected chi connectivity index (χ0v) is 20.1. The number of carbonyl (C=O) groups is 2. The maximum atomic E-state index is 13.2. The Hall–Kier alpha value is -3.75. The average Bonchev–Trinajstić information content (AvgIpc) is 3.42. The molecule has 6 rings (SSSR count). The minimum absolute atomic E-state index is 0.0521. The molecule has 180 valence electrons. The van der Waals surface area contributed by atoms with Crippen molar-refractivity contribution < 1.29 is 9.59 Å². The minimum Gasteiger partial charge on any atom is -0.365 e. The summed E-state index contributed by atoms with van der Waals surface area (Å²) in [6, 6.07) is 10.4. The van der Waals surface area contributed by atoms with Crippen LogP contribution >= 0.6 is 0 Å². The number of amides is 2. The number of carbonyl (C=O) groups excluding carboxylic acids is 2. The van der Waals surface area contributed by atoms with Crippen LogP contribution in [0.5, 0.6) is 0 Å². The third-order valence-corrected chi connectivity index (χ3v) is 7.29. The lowest BCUT2D eigenvalue weighted by Gasteiger charge is -2.37. The van der Waals surface area contributed by atoms with Crippen molar-refractivity contribution in [3.8, 4) is 0 Å². The van der Waals surface area contributed by atoms with Crippen molar-refractivity contribution in [3.63, 3.8) is 0 Å². The van der Waals surface area contributed by atoms with Gasteiger partial charge in [0, 0.05) is 61.8 Å². The molecule has 2 aromatic heterocycles. The van der Waals surface area contributed by atoms with Crippen LogP contribution in [0.25, 0.3) is 10.9 Å². The van der Waals surface area contributed by atoms with E-state index in [1.807, 2.05) is 48.0 Å². The first kappa shape index (κ1) is 21.8. The van der Waals surface area contributed by atoms with E-state index in [0.717, 1.165) is 28.5 Å². The second-order valence-corrected chi connectivity index (χ2v) is 9.84. The molecule has 35 heavy (non-hydrogen) atoms. The third-order valence-electron chi connectivity index (χ3n) is 7.29. The fourth-order valence-corrected chi connectivity index (χ4v) is 5.33. The molecule has 5 heterocycles. The monoisotopic (exact) mass is 471 g/mol. The van der Waals surface area contributed by atoms with Gasteiger partial charge in [0.15, 0.2) is 0 Å². The predicted molar refractivity (Wildman–Crippen MR) is 133 cm³/mol. The normalized spacial score (nSPS) is 19.6. The highest BCUT2D eigenvalue weighted by molar-refractivity contribution is 5.98. The molecule has 3 aliphatic heterocycles. The zero-order chi connectivity index (χ0) is 24.1. The Morgan fingerprint density at radius 3 is 2.86 bits per heavy atom. The number of fused-ring (bicyclic) bond motifs is 3. The van der Waals surface area contributed by atoms with Gasteiger partial charge in [0.25, 0.3) is 5.91 Å². The van der Waals surface area contributed by atoms with Crippen LogP contribution in [0.2, 0.25) is 0 Å². The van der Waals surface area contributed by atoms with Crippen LogP contribution in [0.3, 0.4) is 0 Å². The third kappa shape index (κ3) is 3.84. The van der Waals surface area contributed by atoms with Crippen LogP contribution in [-0.2, 0) is 17.9 Å². The predicted octanol–water partition coefficient (Wildman–Crippen LogP) is 2.81. The first-order chi connectivity index (χ1) is 17.0. The summed E-state index contributed by atoms with van der Waals surface area (Å²) in [4.78, 5) is 45.5. The Kier molecular flexibility index (Phi) is 5.27. The standard InChI is InChI=1S/C26H29N7O2/c1-16(2)33-15-20-23(25(33)35)29-26(31-9-10-32-19(14-31)7-8-22(32)34)30-24(20)28-13-17-11-18-5-3-4-6-21(18)27-12-17/h3-6,11-12,16,19H,7-10,13-15H2,1-2H3,(H,28,29,30). The van der Waals surface area contributed by atoms with Gasteiger partial charge in [-0.1, -0.05) is 18.2 Å². The average molecular weight is 472 g/mol. The van der Waals surface area contributed by atoms with Crippen molar-refractivity contribution in [2.75, 3.05) is 29.9 Å². The second-order valence-electron chi connectivity index (χ2n) is 9.84. The first-order valence-corrected chi connectivity index (χ1v) is 12.3. The van der Waals surface area contributed by atoms with Gasteiger partial charge in [-0.05, 0) is 38.0 Å². The number of pyridine rings is 1. The smallest absolute Gasteiger partial charge is 0.273 e. The van der Waals surface area contributed by atoms with Crippen LogP contribution in [0.1, 0.15) is 48.3 Å². The van der Waals surface area contributed by atoms with Crippen LogP contribution < -0.4 is 10.2 Å². The summed E-state index contributed by atoms with van der Waals surface area (Å²) in [6.07, 6.45) is 3.35. The molecule has 9 heteroatoms. The highest BCUT2D eigenvalue weighted by atomic mass is 16.2. The highest BCUT2D eigenvalue weighted by Crippen LogP contribution is 2.32. The number of para-hydroxylation sites is 1. The van der Waals surface area contributed by atoms with Crippen LogP contribution in [0.4, 0.5) is 11.8 Å². The highest BCUT2D eigenvalue weighted by Gasteiger charge is 2.38. The van der Waals surface area contributed by atoms with Crippen molar-refractivity contribution in [1.29, 1.82) is 0 Å². The van der Waals surface area contributed by atoms with Crippen LogP contribution in [0, 0.1) is 0 Å². The van der Waals surface area contributed by atoms with E-state index in [0.29, 0.717) is 56.6 Å². The van der Waals surface area contributed by atoms with Gasteiger partial charge >= 0.3 is 0 Å². The quantitative estimate of drug-likeness (QED) is 0.611. The molecule has 1 atom stereocenters. The number of hydrogen-bond acceptors (Lipinski definition) is 7. The Labute approximate surface area is 204 Å². The number of nitrogens with zero attached hydrogens (tertiary/aromatic N) is 6. The summed E-state index contributed by atoms with van der Waals surface area (Å²) in [6.45, 7) is 7.10. The lowest BCUT2D eigenvalue weighted by molar-refractivity contribution is -0.129. The van der Waals surface area contributed by atoms with Crippen LogP contribution in [0.15, 0.2) is 36.5 Å². The number of hydrogen-bond donors (Lipinski definition) is 1. The van der Waals surface area contributed by atoms with Gasteiger partial charge in [-0.2, -0.15) is 4.98 Å². The van der Waals surface area contributed by atoms with E-state index in [2.05, 4.69) is 27.3 Å². The van der Waals surface area contributed by atoms with E-state index in [-0.39, 0.29) is 23.9 Å². The summed E-state index contributed by atoms with van der Waals surface area (Å²) < 4.78 is 0. The van der Waals surface area contributed by atoms with E-state index in [1.165, 1.54) is 0 Å². The molecule has 0 bridgehead atoms. The molecule has 0 spiro atoms. The molecule has 0 radical (unpaired) electrons. The molecule has 0 aliphatic carbocycles. The number of anilines is 2. The van der Waals surface area contributed by atoms with Crippen molar-refractivity contribution >= 4 is 34.5 Å². The van der Waals surface area contributed by atoms with Crippen molar-refractivity contribution in [3.05, 3.63) is 53.3 Å². The zero-order valence-electron chi connectivity index (χ0n) is 20.1. The summed E-state index contributed by atoms with van der Waals surface area (Å²) in [7, 11) is 0. The molecular formula is C26H29N7O2. The molecule has 1 N–H and O–H groups in total. The maximum Gasteiger partial charge on any atom is 0.273 e. The molecule has 9 nitrogen and oxygen atoms in total. The molecule has 3 aromatic rings. The molecule has 2 fully saturated rings. The molecule has 1 aromatic carbocycles. The fraction of sp³-hybridized carbons (Fsp3) is 0.423. The van der Waals surface area contributed by atoms with E-state index in [4.69, 9.17) is 9.97 Å². The van der Waals surface area contributed by atoms with Crippen molar-refractivity contribution in [2.45, 2.75) is 51.9 Å². The van der Waals surface area contributed by atoms with E-state index in [9.17, 15) is 9.59 Å². The molecule has 0 saturated carbocycles. The second kappa shape index (κ2) is 8.48. The molecular weight excluding hydrogens is 442 g/mol. The minimum atomic E-state index is -0.0521. The molecule has 3 aliphatic rings. The van der Waals surface area contributed by atoms with E-state index in [1.54, 1.807) is 0 Å².